The highest BCUT2D eigenvalue weighted by Gasteiger charge is 2.35. The topological polar surface area (TPSA) is 24.5 Å². The first-order chi connectivity index (χ1) is 12.0. The third-order valence-electron chi connectivity index (χ3n) is 5.42. The van der Waals surface area contributed by atoms with Crippen LogP contribution >= 0.6 is 0 Å². The molecule has 2 aliphatic heterocycles. The largest absolute Gasteiger partial charge is 0.416 e. The summed E-state index contributed by atoms with van der Waals surface area (Å²) in [6, 6.07) is 4.30. The van der Waals surface area contributed by atoms with Gasteiger partial charge in [-0.25, -0.2) is 0 Å². The Morgan fingerprint density at radius 2 is 1.84 bits per heavy atom. The zero-order valence-corrected chi connectivity index (χ0v) is 14.7. The number of ether oxygens (including phenoxy) is 1. The van der Waals surface area contributed by atoms with Crippen molar-refractivity contribution in [2.45, 2.75) is 37.8 Å². The van der Waals surface area contributed by atoms with Gasteiger partial charge in [-0.2, -0.15) is 13.2 Å². The van der Waals surface area contributed by atoms with Gasteiger partial charge in [0.15, 0.2) is 0 Å². The lowest BCUT2D eigenvalue weighted by Crippen LogP contribution is -2.27. The molecule has 2 heterocycles. The molecular formula is C19H27F3N2O. The number of benzene rings is 1. The molecule has 2 atom stereocenters. The standard InChI is InChI=1S/C19H27F3N2O/c1-25-13-14-11-23-12-17(14)16-7-6-15(19(20,21)22)10-18(16)24-8-4-2-3-5-9-24/h6-7,10,14,17,23H,2-5,8-9,11-13H2,1H3/t14-,17+/m1/s1. The maximum absolute atomic E-state index is 13.3. The minimum Gasteiger partial charge on any atom is -0.384 e. The molecule has 0 saturated carbocycles. The van der Waals surface area contributed by atoms with Crippen LogP contribution in [0.3, 0.4) is 0 Å². The zero-order chi connectivity index (χ0) is 17.9. The molecule has 3 rings (SSSR count). The second-order valence-electron chi connectivity index (χ2n) is 7.15. The van der Waals surface area contributed by atoms with Crippen LogP contribution in [0.4, 0.5) is 18.9 Å². The molecule has 0 bridgehead atoms. The molecule has 0 radical (unpaired) electrons. The van der Waals surface area contributed by atoms with E-state index in [0.29, 0.717) is 12.5 Å². The van der Waals surface area contributed by atoms with Gasteiger partial charge in [0.2, 0.25) is 0 Å². The predicted molar refractivity (Wildman–Crippen MR) is 93.1 cm³/mol. The Kier molecular flexibility index (Phi) is 5.89. The second kappa shape index (κ2) is 7.96. The minimum atomic E-state index is -4.31. The van der Waals surface area contributed by atoms with Gasteiger partial charge in [-0.05, 0) is 30.5 Å². The van der Waals surface area contributed by atoms with Gasteiger partial charge in [-0.1, -0.05) is 18.9 Å². The smallest absolute Gasteiger partial charge is 0.384 e. The van der Waals surface area contributed by atoms with Gasteiger partial charge in [-0.15, -0.1) is 0 Å². The number of methoxy groups -OCH3 is 1. The van der Waals surface area contributed by atoms with Crippen molar-refractivity contribution in [2.24, 2.45) is 5.92 Å². The minimum absolute atomic E-state index is 0.195. The first-order valence-corrected chi connectivity index (χ1v) is 9.16. The molecule has 0 unspecified atom stereocenters. The lowest BCUT2D eigenvalue weighted by atomic mass is 9.87. The van der Waals surface area contributed by atoms with Crippen LogP contribution < -0.4 is 10.2 Å². The van der Waals surface area contributed by atoms with E-state index in [1.54, 1.807) is 13.2 Å². The molecule has 25 heavy (non-hydrogen) atoms. The summed E-state index contributed by atoms with van der Waals surface area (Å²) in [7, 11) is 1.68. The van der Waals surface area contributed by atoms with Crippen LogP contribution in [0, 0.1) is 5.92 Å². The highest BCUT2D eigenvalue weighted by atomic mass is 19.4. The maximum atomic E-state index is 13.3. The fourth-order valence-electron chi connectivity index (χ4n) is 4.11. The van der Waals surface area contributed by atoms with Crippen LogP contribution in [-0.2, 0) is 10.9 Å². The van der Waals surface area contributed by atoms with Gasteiger partial charge in [0, 0.05) is 50.8 Å². The lowest BCUT2D eigenvalue weighted by Gasteiger charge is -2.30. The number of halogens is 3. The van der Waals surface area contributed by atoms with Crippen LogP contribution in [0.2, 0.25) is 0 Å². The van der Waals surface area contributed by atoms with E-state index in [9.17, 15) is 13.2 Å². The number of nitrogens with one attached hydrogen (secondary N) is 1. The number of hydrogen-bond donors (Lipinski definition) is 1. The van der Waals surface area contributed by atoms with Gasteiger partial charge < -0.3 is 15.0 Å². The average Bonchev–Trinajstić information content (AvgIpc) is 2.86. The van der Waals surface area contributed by atoms with E-state index in [0.717, 1.165) is 63.1 Å². The van der Waals surface area contributed by atoms with E-state index in [1.807, 2.05) is 0 Å². The van der Waals surface area contributed by atoms with Gasteiger partial charge >= 0.3 is 6.18 Å². The Bertz CT molecular complexity index is 568. The van der Waals surface area contributed by atoms with Crippen molar-refractivity contribution >= 4 is 5.69 Å². The molecule has 2 fully saturated rings. The summed E-state index contributed by atoms with van der Waals surface area (Å²) in [5, 5.41) is 3.37. The van der Waals surface area contributed by atoms with E-state index in [2.05, 4.69) is 10.2 Å². The molecule has 0 spiro atoms. The quantitative estimate of drug-likeness (QED) is 0.881. The second-order valence-corrected chi connectivity index (χ2v) is 7.15. The summed E-state index contributed by atoms with van der Waals surface area (Å²) in [6.07, 6.45) is 0.0867. The summed E-state index contributed by atoms with van der Waals surface area (Å²) in [5.41, 5.74) is 1.25. The van der Waals surface area contributed by atoms with Crippen LogP contribution in [0.15, 0.2) is 18.2 Å². The van der Waals surface area contributed by atoms with E-state index in [4.69, 9.17) is 4.74 Å². The number of rotatable bonds is 4. The highest BCUT2D eigenvalue weighted by molar-refractivity contribution is 5.58. The van der Waals surface area contributed by atoms with Crippen LogP contribution in [0.5, 0.6) is 0 Å². The first kappa shape index (κ1) is 18.5. The summed E-state index contributed by atoms with van der Waals surface area (Å²) in [4.78, 5) is 2.17. The third-order valence-corrected chi connectivity index (χ3v) is 5.42. The molecule has 2 saturated heterocycles. The third kappa shape index (κ3) is 4.29. The van der Waals surface area contributed by atoms with Crippen LogP contribution in [0.1, 0.15) is 42.7 Å². The van der Waals surface area contributed by atoms with E-state index < -0.39 is 11.7 Å². The Morgan fingerprint density at radius 1 is 1.12 bits per heavy atom. The first-order valence-electron chi connectivity index (χ1n) is 9.16. The summed E-state index contributed by atoms with van der Waals surface area (Å²) in [6.45, 7) is 3.93. The number of alkyl halides is 3. The fraction of sp³-hybridized carbons (Fsp3) is 0.684. The zero-order valence-electron chi connectivity index (χ0n) is 14.7. The van der Waals surface area contributed by atoms with Gasteiger partial charge in [0.25, 0.3) is 0 Å². The Hall–Kier alpha value is -1.27. The molecule has 140 valence electrons. The summed E-state index contributed by atoms with van der Waals surface area (Å²) >= 11 is 0. The van der Waals surface area contributed by atoms with Crippen LogP contribution in [-0.4, -0.2) is 39.9 Å². The fourth-order valence-corrected chi connectivity index (χ4v) is 4.11. The van der Waals surface area contributed by atoms with Gasteiger partial charge in [0.1, 0.15) is 0 Å². The molecule has 1 aromatic carbocycles. The van der Waals surface area contributed by atoms with E-state index in [-0.39, 0.29) is 5.92 Å². The van der Waals surface area contributed by atoms with Crippen molar-refractivity contribution in [1.29, 1.82) is 0 Å². The number of anilines is 1. The van der Waals surface area contributed by atoms with Crippen molar-refractivity contribution in [3.63, 3.8) is 0 Å². The molecule has 0 aliphatic carbocycles. The maximum Gasteiger partial charge on any atom is 0.416 e. The summed E-state index contributed by atoms with van der Waals surface area (Å²) in [5.74, 6) is 0.493. The predicted octanol–water partition coefficient (Wildman–Crippen LogP) is 4.04. The Labute approximate surface area is 147 Å². The van der Waals surface area contributed by atoms with E-state index in [1.165, 1.54) is 12.1 Å². The Morgan fingerprint density at radius 3 is 2.48 bits per heavy atom. The molecule has 6 heteroatoms. The highest BCUT2D eigenvalue weighted by Crippen LogP contribution is 2.40. The SMILES string of the molecule is COC[C@H]1CNC[C@@H]1c1ccc(C(F)(F)F)cc1N1CCCCCC1. The van der Waals surface area contributed by atoms with E-state index >= 15 is 0 Å². The Balaban J connectivity index is 1.98. The van der Waals surface area contributed by atoms with Crippen molar-refractivity contribution < 1.29 is 17.9 Å². The van der Waals surface area contributed by atoms with Crippen molar-refractivity contribution in [3.05, 3.63) is 29.3 Å². The molecular weight excluding hydrogens is 329 g/mol. The molecule has 1 N–H and O–H groups in total. The van der Waals surface area contributed by atoms with Crippen molar-refractivity contribution in [2.75, 3.05) is 44.8 Å². The molecule has 3 nitrogen and oxygen atoms in total. The molecule has 0 amide bonds. The monoisotopic (exact) mass is 356 g/mol. The lowest BCUT2D eigenvalue weighted by molar-refractivity contribution is -0.137. The molecule has 1 aromatic rings. The van der Waals surface area contributed by atoms with Crippen molar-refractivity contribution in [1.82, 2.24) is 5.32 Å². The van der Waals surface area contributed by atoms with Crippen molar-refractivity contribution in [3.8, 4) is 0 Å². The average molecular weight is 356 g/mol. The van der Waals surface area contributed by atoms with Gasteiger partial charge in [-0.3, -0.25) is 0 Å². The molecule has 0 aromatic heterocycles. The number of nitrogens with zero attached hydrogens (tertiary/aromatic N) is 1. The number of hydrogen-bond acceptors (Lipinski definition) is 3. The van der Waals surface area contributed by atoms with Crippen LogP contribution in [0.25, 0.3) is 0 Å². The normalized spacial score (nSPS) is 25.2. The molecule has 2 aliphatic rings. The van der Waals surface area contributed by atoms with Gasteiger partial charge in [0.05, 0.1) is 12.2 Å². The summed E-state index contributed by atoms with van der Waals surface area (Å²) < 4.78 is 45.1.